The van der Waals surface area contributed by atoms with E-state index in [0.717, 1.165) is 0 Å². The van der Waals surface area contributed by atoms with Crippen molar-refractivity contribution < 1.29 is 19.2 Å². The third-order valence-corrected chi connectivity index (χ3v) is 3.02. The van der Waals surface area contributed by atoms with E-state index in [1.54, 1.807) is 13.0 Å². The molecule has 110 valence electrons. The fourth-order valence-corrected chi connectivity index (χ4v) is 1.87. The maximum absolute atomic E-state index is 13.2. The monoisotopic (exact) mass is 291 g/mol. The van der Waals surface area contributed by atoms with Crippen molar-refractivity contribution in [3.8, 4) is 11.5 Å². The summed E-state index contributed by atoms with van der Waals surface area (Å²) in [7, 11) is 0. The van der Waals surface area contributed by atoms with Gasteiger partial charge < -0.3 is 9.84 Å². The van der Waals surface area contributed by atoms with Crippen molar-refractivity contribution in [1.82, 2.24) is 0 Å². The zero-order valence-electron chi connectivity index (χ0n) is 11.5. The van der Waals surface area contributed by atoms with Gasteiger partial charge in [0.15, 0.2) is 0 Å². The van der Waals surface area contributed by atoms with Gasteiger partial charge in [0.1, 0.15) is 17.3 Å². The van der Waals surface area contributed by atoms with Crippen LogP contribution in [0.15, 0.2) is 36.4 Å². The number of hydrogen-bond acceptors (Lipinski definition) is 4. The van der Waals surface area contributed by atoms with Gasteiger partial charge in [-0.1, -0.05) is 0 Å². The standard InChI is InChI=1S/C15H14FNO4/c1-9-3-5-12(17(19)20)8-15(9)21-14-6-4-11(16)7-13(14)10(2)18/h3-8,10,18H,1-2H3/t10-/m0/s1. The van der Waals surface area contributed by atoms with Crippen molar-refractivity contribution in [2.75, 3.05) is 0 Å². The minimum atomic E-state index is -0.922. The summed E-state index contributed by atoms with van der Waals surface area (Å²) in [5.74, 6) is 0.0571. The predicted molar refractivity (Wildman–Crippen MR) is 74.9 cm³/mol. The summed E-state index contributed by atoms with van der Waals surface area (Å²) in [6, 6.07) is 8.00. The quantitative estimate of drug-likeness (QED) is 0.685. The Balaban J connectivity index is 2.43. The Hall–Kier alpha value is -2.47. The fraction of sp³-hybridized carbons (Fsp3) is 0.200. The summed E-state index contributed by atoms with van der Waals surface area (Å²) in [5.41, 5.74) is 0.874. The van der Waals surface area contributed by atoms with Crippen LogP contribution in [0.1, 0.15) is 24.2 Å². The summed E-state index contributed by atoms with van der Waals surface area (Å²) in [4.78, 5) is 10.3. The van der Waals surface area contributed by atoms with Crippen molar-refractivity contribution >= 4 is 5.69 Å². The Morgan fingerprint density at radius 3 is 2.57 bits per heavy atom. The molecule has 2 aromatic carbocycles. The van der Waals surface area contributed by atoms with Gasteiger partial charge in [0.2, 0.25) is 0 Å². The highest BCUT2D eigenvalue weighted by Crippen LogP contribution is 2.33. The number of aliphatic hydroxyl groups excluding tert-OH is 1. The molecule has 0 bridgehead atoms. The Bertz CT molecular complexity index is 685. The number of aliphatic hydroxyl groups is 1. The van der Waals surface area contributed by atoms with E-state index < -0.39 is 16.8 Å². The zero-order chi connectivity index (χ0) is 15.6. The largest absolute Gasteiger partial charge is 0.456 e. The van der Waals surface area contributed by atoms with E-state index in [1.165, 1.54) is 37.3 Å². The molecule has 0 saturated carbocycles. The Morgan fingerprint density at radius 2 is 1.95 bits per heavy atom. The highest BCUT2D eigenvalue weighted by molar-refractivity contribution is 5.47. The molecule has 0 aliphatic heterocycles. The summed E-state index contributed by atoms with van der Waals surface area (Å²) < 4.78 is 18.9. The number of hydrogen-bond donors (Lipinski definition) is 1. The van der Waals surface area contributed by atoms with E-state index >= 15 is 0 Å². The predicted octanol–water partition coefficient (Wildman–Crippen LogP) is 3.89. The summed E-state index contributed by atoms with van der Waals surface area (Å²) in [6.07, 6.45) is -0.922. The second kappa shape index (κ2) is 5.88. The first-order valence-corrected chi connectivity index (χ1v) is 6.29. The molecule has 0 unspecified atom stereocenters. The van der Waals surface area contributed by atoms with Crippen molar-refractivity contribution in [1.29, 1.82) is 0 Å². The molecule has 0 amide bonds. The van der Waals surface area contributed by atoms with Gasteiger partial charge in [-0.05, 0) is 43.7 Å². The number of halogens is 1. The smallest absolute Gasteiger partial charge is 0.273 e. The third kappa shape index (κ3) is 3.35. The molecule has 21 heavy (non-hydrogen) atoms. The first kappa shape index (κ1) is 14.9. The van der Waals surface area contributed by atoms with Gasteiger partial charge in [-0.15, -0.1) is 0 Å². The van der Waals surface area contributed by atoms with E-state index in [9.17, 15) is 19.6 Å². The first-order chi connectivity index (χ1) is 9.88. The molecule has 0 aliphatic carbocycles. The number of rotatable bonds is 4. The fourth-order valence-electron chi connectivity index (χ4n) is 1.87. The second-order valence-corrected chi connectivity index (χ2v) is 4.67. The molecule has 0 spiro atoms. The van der Waals surface area contributed by atoms with Crippen LogP contribution in [-0.4, -0.2) is 10.0 Å². The van der Waals surface area contributed by atoms with Crippen LogP contribution >= 0.6 is 0 Å². The van der Waals surface area contributed by atoms with Crippen LogP contribution in [0, 0.1) is 22.9 Å². The number of benzene rings is 2. The Kier molecular flexibility index (Phi) is 4.18. The molecular weight excluding hydrogens is 277 g/mol. The number of non-ortho nitro benzene ring substituents is 1. The highest BCUT2D eigenvalue weighted by Gasteiger charge is 2.15. The van der Waals surface area contributed by atoms with Crippen LogP contribution in [0.4, 0.5) is 10.1 Å². The minimum Gasteiger partial charge on any atom is -0.456 e. The molecule has 5 nitrogen and oxygen atoms in total. The van der Waals surface area contributed by atoms with Gasteiger partial charge in [-0.25, -0.2) is 4.39 Å². The SMILES string of the molecule is Cc1ccc([N+](=O)[O-])cc1Oc1ccc(F)cc1[C@H](C)O. The molecule has 0 aliphatic rings. The van der Waals surface area contributed by atoms with E-state index in [2.05, 4.69) is 0 Å². The van der Waals surface area contributed by atoms with Crippen molar-refractivity contribution in [2.24, 2.45) is 0 Å². The summed E-state index contributed by atoms with van der Waals surface area (Å²) >= 11 is 0. The molecule has 0 radical (unpaired) electrons. The molecule has 2 rings (SSSR count). The normalized spacial score (nSPS) is 12.0. The second-order valence-electron chi connectivity index (χ2n) is 4.67. The number of ether oxygens (including phenoxy) is 1. The van der Waals surface area contributed by atoms with Crippen LogP contribution in [-0.2, 0) is 0 Å². The minimum absolute atomic E-state index is 0.101. The molecule has 0 fully saturated rings. The van der Waals surface area contributed by atoms with Gasteiger partial charge in [-0.3, -0.25) is 10.1 Å². The lowest BCUT2D eigenvalue weighted by Crippen LogP contribution is -1.98. The van der Waals surface area contributed by atoms with Gasteiger partial charge >= 0.3 is 0 Å². The van der Waals surface area contributed by atoms with Crippen LogP contribution in [0.25, 0.3) is 0 Å². The Labute approximate surface area is 120 Å². The highest BCUT2D eigenvalue weighted by atomic mass is 19.1. The number of nitrogens with zero attached hydrogens (tertiary/aromatic N) is 1. The lowest BCUT2D eigenvalue weighted by atomic mass is 10.1. The molecule has 0 saturated heterocycles. The molecule has 1 atom stereocenters. The van der Waals surface area contributed by atoms with E-state index in [4.69, 9.17) is 4.74 Å². The average Bonchev–Trinajstić information content (AvgIpc) is 2.42. The van der Waals surface area contributed by atoms with Gasteiger partial charge in [0.25, 0.3) is 5.69 Å². The lowest BCUT2D eigenvalue weighted by Gasteiger charge is -2.14. The van der Waals surface area contributed by atoms with Gasteiger partial charge in [0, 0.05) is 11.6 Å². The van der Waals surface area contributed by atoms with Crippen molar-refractivity contribution in [3.05, 3.63) is 63.5 Å². The van der Waals surface area contributed by atoms with Gasteiger partial charge in [-0.2, -0.15) is 0 Å². The topological polar surface area (TPSA) is 72.6 Å². The molecule has 2 aromatic rings. The Morgan fingerprint density at radius 1 is 1.24 bits per heavy atom. The number of nitro groups is 1. The van der Waals surface area contributed by atoms with Crippen LogP contribution < -0.4 is 4.74 Å². The van der Waals surface area contributed by atoms with Crippen LogP contribution in [0.3, 0.4) is 0 Å². The lowest BCUT2D eigenvalue weighted by molar-refractivity contribution is -0.384. The van der Waals surface area contributed by atoms with E-state index in [-0.39, 0.29) is 22.7 Å². The van der Waals surface area contributed by atoms with Crippen molar-refractivity contribution in [3.63, 3.8) is 0 Å². The third-order valence-electron chi connectivity index (χ3n) is 3.02. The first-order valence-electron chi connectivity index (χ1n) is 6.29. The maximum atomic E-state index is 13.2. The summed E-state index contributed by atoms with van der Waals surface area (Å²) in [5, 5.41) is 20.5. The van der Waals surface area contributed by atoms with Crippen LogP contribution in [0.2, 0.25) is 0 Å². The number of nitro benzene ring substituents is 1. The average molecular weight is 291 g/mol. The van der Waals surface area contributed by atoms with E-state index in [0.29, 0.717) is 5.56 Å². The molecule has 0 heterocycles. The maximum Gasteiger partial charge on any atom is 0.273 e. The number of aryl methyl sites for hydroxylation is 1. The van der Waals surface area contributed by atoms with Crippen LogP contribution in [0.5, 0.6) is 11.5 Å². The van der Waals surface area contributed by atoms with Gasteiger partial charge in [0.05, 0.1) is 17.1 Å². The van der Waals surface area contributed by atoms with E-state index in [1.807, 2.05) is 0 Å². The molecule has 0 aromatic heterocycles. The zero-order valence-corrected chi connectivity index (χ0v) is 11.5. The molecular formula is C15H14FNO4. The molecule has 6 heteroatoms. The van der Waals surface area contributed by atoms with Crippen molar-refractivity contribution in [2.45, 2.75) is 20.0 Å². The summed E-state index contributed by atoms with van der Waals surface area (Å²) in [6.45, 7) is 3.23. The molecule has 1 N–H and O–H groups in total.